The van der Waals surface area contributed by atoms with Crippen LogP contribution in [0.3, 0.4) is 0 Å². The number of hydrogen-bond acceptors (Lipinski definition) is 9. The molecule has 0 saturated heterocycles. The zero-order valence-corrected chi connectivity index (χ0v) is 24.5. The zero-order chi connectivity index (χ0) is 29.6. The predicted molar refractivity (Wildman–Crippen MR) is 156 cm³/mol. The van der Waals surface area contributed by atoms with Gasteiger partial charge in [0.25, 0.3) is 0 Å². The summed E-state index contributed by atoms with van der Waals surface area (Å²) in [5, 5.41) is 0.755. The van der Waals surface area contributed by atoms with Crippen LogP contribution >= 0.6 is 7.82 Å². The van der Waals surface area contributed by atoms with Crippen LogP contribution in [0, 0.1) is 0 Å². The largest absolute Gasteiger partial charge is 0.481 e. The molecule has 0 aliphatic rings. The number of phosphoric acid groups is 1. The Morgan fingerprint density at radius 2 is 1.85 bits per heavy atom. The molecule has 1 N–H and O–H groups in total. The Morgan fingerprint density at radius 1 is 1.07 bits per heavy atom. The lowest BCUT2D eigenvalue weighted by Gasteiger charge is -2.16. The van der Waals surface area contributed by atoms with Gasteiger partial charge in [-0.2, -0.15) is 0 Å². The topological polar surface area (TPSA) is 132 Å². The van der Waals surface area contributed by atoms with Crippen LogP contribution < -0.4 is 9.64 Å². The summed E-state index contributed by atoms with van der Waals surface area (Å²) in [5.41, 5.74) is 4.26. The van der Waals surface area contributed by atoms with Crippen molar-refractivity contribution in [2.75, 3.05) is 46.3 Å². The highest BCUT2D eigenvalue weighted by molar-refractivity contribution is 7.47. The van der Waals surface area contributed by atoms with Crippen molar-refractivity contribution in [3.05, 3.63) is 67.4 Å². The van der Waals surface area contributed by atoms with E-state index in [4.69, 9.17) is 13.8 Å². The van der Waals surface area contributed by atoms with Gasteiger partial charge in [0.15, 0.2) is 0 Å². The lowest BCUT2D eigenvalue weighted by Crippen LogP contribution is -2.24. The average molecular weight is 581 g/mol. The molecule has 0 bridgehead atoms. The van der Waals surface area contributed by atoms with E-state index in [2.05, 4.69) is 15.0 Å². The van der Waals surface area contributed by atoms with Crippen LogP contribution in [0.2, 0.25) is 0 Å². The van der Waals surface area contributed by atoms with Crippen LogP contribution in [0.1, 0.15) is 6.92 Å². The number of methoxy groups -OCH3 is 1. The highest BCUT2D eigenvalue weighted by atomic mass is 31.2. The Bertz CT molecular complexity index is 1600. The summed E-state index contributed by atoms with van der Waals surface area (Å²) in [6.07, 6.45) is 11.8. The van der Waals surface area contributed by atoms with Crippen molar-refractivity contribution in [2.45, 2.75) is 13.7 Å². The molecule has 41 heavy (non-hydrogen) atoms. The van der Waals surface area contributed by atoms with Crippen molar-refractivity contribution in [1.82, 2.24) is 24.4 Å². The summed E-state index contributed by atoms with van der Waals surface area (Å²) < 4.78 is 29.1. The fraction of sp³-hybridized carbons (Fsp3) is 0.286. The lowest BCUT2D eigenvalue weighted by molar-refractivity contribution is -0.113. The highest BCUT2D eigenvalue weighted by Gasteiger charge is 2.22. The van der Waals surface area contributed by atoms with Gasteiger partial charge in [-0.25, -0.2) is 14.5 Å². The second-order valence-corrected chi connectivity index (χ2v) is 10.8. The van der Waals surface area contributed by atoms with Crippen LogP contribution in [0.15, 0.2) is 67.4 Å². The van der Waals surface area contributed by atoms with Crippen LogP contribution in [-0.4, -0.2) is 76.6 Å². The summed E-state index contributed by atoms with van der Waals surface area (Å²) in [6.45, 7) is 2.03. The normalized spacial score (nSPS) is 13.1. The number of likely N-dealkylation sites (N-methyl/N-ethyl adjacent to an activating group) is 2. The van der Waals surface area contributed by atoms with E-state index < -0.39 is 7.82 Å². The van der Waals surface area contributed by atoms with E-state index in [1.807, 2.05) is 43.3 Å². The van der Waals surface area contributed by atoms with Crippen molar-refractivity contribution in [3.8, 4) is 28.1 Å². The van der Waals surface area contributed by atoms with E-state index in [0.29, 0.717) is 23.8 Å². The van der Waals surface area contributed by atoms with E-state index >= 15 is 0 Å². The number of ether oxygens (including phenoxy) is 1. The number of carbonyl (C=O) groups is 1. The third kappa shape index (κ3) is 7.43. The number of hydrogen-bond donors (Lipinski definition) is 1. The maximum absolute atomic E-state index is 12.7. The van der Waals surface area contributed by atoms with Crippen molar-refractivity contribution >= 4 is 30.5 Å². The molecule has 4 heterocycles. The van der Waals surface area contributed by atoms with Gasteiger partial charge < -0.3 is 24.0 Å². The fourth-order valence-corrected chi connectivity index (χ4v) is 4.73. The maximum Gasteiger partial charge on any atom is 0.473 e. The molecule has 12 nitrogen and oxygen atoms in total. The third-order valence-corrected chi connectivity index (χ3v) is 7.15. The number of rotatable bonds is 12. The number of phosphoric ester groups is 1. The van der Waals surface area contributed by atoms with Crippen LogP contribution in [0.5, 0.6) is 5.88 Å². The molecule has 13 heteroatoms. The highest BCUT2D eigenvalue weighted by Crippen LogP contribution is 2.44. The molecule has 1 atom stereocenters. The predicted octanol–water partition coefficient (Wildman–Crippen LogP) is 4.36. The van der Waals surface area contributed by atoms with E-state index in [1.54, 1.807) is 55.6 Å². The standard InChI is InChI=1S/C28H33N6O6P/c1-6-39-41(36,37)40-19-34-18-25(20-9-10-30-26(14-20)38-5)24-13-22(16-31-28(24)34)21-12-23(17-29-15-21)33(4)27(35)8-7-11-32(2)3/h7-10,12-18H,6,11,19H2,1-5H3,(H,36,37). The first-order valence-electron chi connectivity index (χ1n) is 12.8. The molecule has 0 aliphatic heterocycles. The van der Waals surface area contributed by atoms with Gasteiger partial charge in [0, 0.05) is 72.6 Å². The number of anilines is 1. The fourth-order valence-electron chi connectivity index (χ4n) is 4.05. The zero-order valence-electron chi connectivity index (χ0n) is 23.6. The Morgan fingerprint density at radius 3 is 2.59 bits per heavy atom. The second kappa shape index (κ2) is 13.2. The van der Waals surface area contributed by atoms with Crippen molar-refractivity contribution in [2.24, 2.45) is 0 Å². The molecule has 1 amide bonds. The Kier molecular flexibility index (Phi) is 9.64. The van der Waals surface area contributed by atoms with Gasteiger partial charge in [0.1, 0.15) is 12.4 Å². The van der Waals surface area contributed by atoms with Gasteiger partial charge in [0.2, 0.25) is 11.8 Å². The number of pyridine rings is 3. The maximum atomic E-state index is 12.7. The smallest absolute Gasteiger partial charge is 0.473 e. The summed E-state index contributed by atoms with van der Waals surface area (Å²) in [6, 6.07) is 7.43. The molecule has 4 aromatic heterocycles. The number of amides is 1. The lowest BCUT2D eigenvalue weighted by atomic mass is 10.0. The SMILES string of the molecule is CCOP(=O)(O)OCn1cc(-c2ccnc(OC)c2)c2cc(-c3cncc(N(C)C(=O)C=CCN(C)C)c3)cnc21. The number of nitrogens with zero attached hydrogens (tertiary/aromatic N) is 6. The van der Waals surface area contributed by atoms with Gasteiger partial charge in [-0.3, -0.25) is 18.8 Å². The molecule has 4 rings (SSSR count). The van der Waals surface area contributed by atoms with Crippen LogP contribution in [0.25, 0.3) is 33.3 Å². The number of fused-ring (bicyclic) bond motifs is 1. The molecule has 1 unspecified atom stereocenters. The van der Waals surface area contributed by atoms with E-state index in [-0.39, 0.29) is 19.2 Å². The summed E-state index contributed by atoms with van der Waals surface area (Å²) in [7, 11) is 2.86. The molecule has 216 valence electrons. The van der Waals surface area contributed by atoms with Crippen LogP contribution in [0.4, 0.5) is 5.69 Å². The van der Waals surface area contributed by atoms with Crippen molar-refractivity contribution in [3.63, 3.8) is 0 Å². The first kappa shape index (κ1) is 30.0. The van der Waals surface area contributed by atoms with Gasteiger partial charge in [-0.1, -0.05) is 6.08 Å². The first-order chi connectivity index (χ1) is 19.6. The minimum atomic E-state index is -4.23. The van der Waals surface area contributed by atoms with E-state index in [9.17, 15) is 14.3 Å². The summed E-state index contributed by atoms with van der Waals surface area (Å²) in [4.78, 5) is 39.3. The molecule has 0 aliphatic carbocycles. The molecule has 0 aromatic carbocycles. The van der Waals surface area contributed by atoms with Crippen molar-refractivity contribution < 1.29 is 28.0 Å². The minimum Gasteiger partial charge on any atom is -0.481 e. The van der Waals surface area contributed by atoms with Gasteiger partial charge >= 0.3 is 7.82 Å². The summed E-state index contributed by atoms with van der Waals surface area (Å²) >= 11 is 0. The molecule has 4 aromatic rings. The molecular formula is C28H33N6O6P. The molecule has 0 radical (unpaired) electrons. The monoisotopic (exact) mass is 580 g/mol. The van der Waals surface area contributed by atoms with Crippen molar-refractivity contribution in [1.29, 1.82) is 0 Å². The average Bonchev–Trinajstić information content (AvgIpc) is 3.33. The Balaban J connectivity index is 1.73. The molecule has 0 fully saturated rings. The van der Waals surface area contributed by atoms with E-state index in [0.717, 1.165) is 27.6 Å². The molecular weight excluding hydrogens is 547 g/mol. The number of aromatic nitrogens is 4. The van der Waals surface area contributed by atoms with Crippen LogP contribution in [-0.2, 0) is 25.1 Å². The second-order valence-electron chi connectivity index (χ2n) is 9.33. The minimum absolute atomic E-state index is 0.0319. The molecule has 0 spiro atoms. The summed E-state index contributed by atoms with van der Waals surface area (Å²) in [5.74, 6) is 0.266. The van der Waals surface area contributed by atoms with Gasteiger partial charge in [-0.05, 0) is 44.8 Å². The number of carbonyl (C=O) groups excluding carboxylic acids is 1. The molecule has 0 saturated carbocycles. The third-order valence-electron chi connectivity index (χ3n) is 6.13. The Labute approximate surface area is 238 Å². The van der Waals surface area contributed by atoms with E-state index in [1.165, 1.54) is 18.1 Å². The first-order valence-corrected chi connectivity index (χ1v) is 14.3. The quantitative estimate of drug-likeness (QED) is 0.190. The van der Waals surface area contributed by atoms with Gasteiger partial charge in [-0.15, -0.1) is 0 Å². The van der Waals surface area contributed by atoms with Gasteiger partial charge in [0.05, 0.1) is 25.6 Å². The Hall–Kier alpha value is -3.93.